The number of alkyl halides is 3. The van der Waals surface area contributed by atoms with Gasteiger partial charge in [0.25, 0.3) is 5.56 Å². The fourth-order valence-electron chi connectivity index (χ4n) is 2.49. The van der Waals surface area contributed by atoms with Gasteiger partial charge < -0.3 is 0 Å². The van der Waals surface area contributed by atoms with Crippen molar-refractivity contribution in [2.75, 3.05) is 0 Å². The smallest absolute Gasteiger partial charge is 0.267 e. The Balaban J connectivity index is 1.64. The van der Waals surface area contributed by atoms with Crippen LogP contribution in [0.3, 0.4) is 0 Å². The molecule has 0 saturated carbocycles. The van der Waals surface area contributed by atoms with Gasteiger partial charge in [-0.05, 0) is 29.5 Å². The summed E-state index contributed by atoms with van der Waals surface area (Å²) in [4.78, 5) is 13.5. The molecule has 0 spiro atoms. The summed E-state index contributed by atoms with van der Waals surface area (Å²) in [6, 6.07) is 11.3. The summed E-state index contributed by atoms with van der Waals surface area (Å²) in [5.74, 6) is 0.00268. The van der Waals surface area contributed by atoms with E-state index in [1.807, 2.05) is 0 Å². The van der Waals surface area contributed by atoms with Crippen molar-refractivity contribution in [2.24, 2.45) is 0 Å². The number of halogens is 3. The molecule has 0 unspecified atom stereocenters. The number of rotatable bonds is 3. The molecule has 0 amide bonds. The molecular formula is C16H10F3N7O. The summed E-state index contributed by atoms with van der Waals surface area (Å²) in [5.41, 5.74) is -0.588. The van der Waals surface area contributed by atoms with E-state index in [-0.39, 0.29) is 18.1 Å². The van der Waals surface area contributed by atoms with Gasteiger partial charge in [0.2, 0.25) is 5.82 Å². The summed E-state index contributed by atoms with van der Waals surface area (Å²) < 4.78 is 39.5. The molecule has 0 atom stereocenters. The number of hydrogen-bond acceptors (Lipinski definition) is 6. The Hall–Kier alpha value is -3.63. The lowest BCUT2D eigenvalue weighted by molar-refractivity contribution is -0.137. The van der Waals surface area contributed by atoms with Crippen LogP contribution in [0, 0.1) is 0 Å². The van der Waals surface area contributed by atoms with Crippen molar-refractivity contribution in [2.45, 2.75) is 12.8 Å². The van der Waals surface area contributed by atoms with E-state index in [2.05, 4.69) is 25.7 Å². The fraction of sp³-hybridized carbons (Fsp3) is 0.125. The maximum Gasteiger partial charge on any atom is 0.416 e. The number of tetrazole rings is 1. The average Bonchev–Trinajstić information content (AvgIpc) is 3.12. The normalized spacial score (nSPS) is 11.8. The van der Waals surface area contributed by atoms with E-state index < -0.39 is 17.3 Å². The molecule has 4 aromatic rings. The number of hydrogen-bond donors (Lipinski definition) is 0. The topological polar surface area (TPSA) is 91.4 Å². The molecular weight excluding hydrogens is 363 g/mol. The molecule has 0 radical (unpaired) electrons. The molecule has 0 saturated heterocycles. The van der Waals surface area contributed by atoms with Crippen LogP contribution in [0.5, 0.6) is 0 Å². The lowest BCUT2D eigenvalue weighted by atomic mass is 10.1. The van der Waals surface area contributed by atoms with E-state index in [1.54, 1.807) is 24.3 Å². The summed E-state index contributed by atoms with van der Waals surface area (Å²) >= 11 is 0. The molecule has 2 aromatic carbocycles. The lowest BCUT2D eigenvalue weighted by Crippen LogP contribution is -2.28. The number of aromatic nitrogens is 7. The van der Waals surface area contributed by atoms with Crippen molar-refractivity contribution >= 4 is 10.9 Å². The van der Waals surface area contributed by atoms with Crippen molar-refractivity contribution in [3.05, 3.63) is 64.4 Å². The van der Waals surface area contributed by atoms with Gasteiger partial charge in [0.15, 0.2) is 6.67 Å². The number of fused-ring (bicyclic) bond motifs is 1. The first kappa shape index (κ1) is 16.8. The summed E-state index contributed by atoms with van der Waals surface area (Å²) in [7, 11) is 0. The van der Waals surface area contributed by atoms with Crippen molar-refractivity contribution in [1.29, 1.82) is 0 Å². The zero-order valence-corrected chi connectivity index (χ0v) is 13.5. The quantitative estimate of drug-likeness (QED) is 0.545. The summed E-state index contributed by atoms with van der Waals surface area (Å²) in [6.45, 7) is -0.178. The van der Waals surface area contributed by atoms with Crippen LogP contribution in [0.1, 0.15) is 5.56 Å². The zero-order valence-electron chi connectivity index (χ0n) is 13.5. The van der Waals surface area contributed by atoms with Crippen LogP contribution in [-0.2, 0) is 12.8 Å². The van der Waals surface area contributed by atoms with E-state index >= 15 is 0 Å². The molecule has 8 nitrogen and oxygen atoms in total. The highest BCUT2D eigenvalue weighted by Gasteiger charge is 2.30. The minimum atomic E-state index is -4.47. The highest BCUT2D eigenvalue weighted by Crippen LogP contribution is 2.31. The van der Waals surface area contributed by atoms with Crippen LogP contribution in [0.4, 0.5) is 13.2 Å². The van der Waals surface area contributed by atoms with Crippen LogP contribution in [0.15, 0.2) is 53.3 Å². The molecule has 0 bridgehead atoms. The van der Waals surface area contributed by atoms with Crippen LogP contribution < -0.4 is 5.56 Å². The first-order chi connectivity index (χ1) is 12.9. The molecule has 11 heteroatoms. The molecule has 4 rings (SSSR count). The Morgan fingerprint density at radius 2 is 1.78 bits per heavy atom. The van der Waals surface area contributed by atoms with Crippen LogP contribution in [0.2, 0.25) is 0 Å². The summed E-state index contributed by atoms with van der Waals surface area (Å²) in [5, 5.41) is 19.7. The number of nitrogens with zero attached hydrogens (tertiary/aromatic N) is 7. The molecule has 2 heterocycles. The third kappa shape index (κ3) is 3.26. The van der Waals surface area contributed by atoms with Crippen molar-refractivity contribution in [3.63, 3.8) is 0 Å². The predicted octanol–water partition coefficient (Wildman–Crippen LogP) is 1.97. The van der Waals surface area contributed by atoms with E-state index in [9.17, 15) is 18.0 Å². The average molecular weight is 373 g/mol. The van der Waals surface area contributed by atoms with Crippen LogP contribution >= 0.6 is 0 Å². The van der Waals surface area contributed by atoms with Gasteiger partial charge in [-0.3, -0.25) is 4.79 Å². The molecule has 136 valence electrons. The minimum Gasteiger partial charge on any atom is -0.267 e. The second-order valence-electron chi connectivity index (χ2n) is 5.62. The first-order valence-electron chi connectivity index (χ1n) is 7.70. The molecule has 0 fully saturated rings. The fourth-order valence-corrected chi connectivity index (χ4v) is 2.49. The molecule has 0 aliphatic carbocycles. The van der Waals surface area contributed by atoms with Crippen LogP contribution in [-0.4, -0.2) is 35.2 Å². The summed E-state index contributed by atoms with van der Waals surface area (Å²) in [6.07, 6.45) is -4.47. The standard InChI is InChI=1S/C16H10F3N7O/c17-16(18,19)11-5-3-4-10(8-11)14-21-24-26(22-14)9-25-15(27)12-6-1-2-7-13(12)20-23-25/h1-8H,9H2. The van der Waals surface area contributed by atoms with Gasteiger partial charge in [-0.25, -0.2) is 0 Å². The second-order valence-corrected chi connectivity index (χ2v) is 5.62. The Morgan fingerprint density at radius 3 is 2.59 bits per heavy atom. The zero-order chi connectivity index (χ0) is 19.0. The van der Waals surface area contributed by atoms with E-state index in [0.29, 0.717) is 10.9 Å². The maximum atomic E-state index is 12.8. The highest BCUT2D eigenvalue weighted by atomic mass is 19.4. The third-order valence-corrected chi connectivity index (χ3v) is 3.79. The second kappa shape index (κ2) is 6.27. The third-order valence-electron chi connectivity index (χ3n) is 3.79. The Bertz CT molecular complexity index is 1180. The Kier molecular flexibility index (Phi) is 3.90. The monoisotopic (exact) mass is 373 g/mol. The molecule has 0 aliphatic rings. The molecule has 0 N–H and O–H groups in total. The molecule has 0 aliphatic heterocycles. The van der Waals surface area contributed by atoms with Gasteiger partial charge in [0.05, 0.1) is 10.9 Å². The van der Waals surface area contributed by atoms with Gasteiger partial charge in [-0.15, -0.1) is 20.1 Å². The predicted molar refractivity (Wildman–Crippen MR) is 87.5 cm³/mol. The Morgan fingerprint density at radius 1 is 0.963 bits per heavy atom. The largest absolute Gasteiger partial charge is 0.416 e. The van der Waals surface area contributed by atoms with Gasteiger partial charge in [0, 0.05) is 5.56 Å². The Labute approximate surface area is 148 Å². The lowest BCUT2D eigenvalue weighted by Gasteiger charge is -2.06. The van der Waals surface area contributed by atoms with E-state index in [1.165, 1.54) is 12.1 Å². The minimum absolute atomic E-state index is 0.00268. The van der Waals surface area contributed by atoms with Crippen LogP contribution in [0.25, 0.3) is 22.3 Å². The molecule has 2 aromatic heterocycles. The van der Waals surface area contributed by atoms with Gasteiger partial charge >= 0.3 is 6.18 Å². The van der Waals surface area contributed by atoms with Gasteiger partial charge in [-0.2, -0.15) is 17.9 Å². The number of benzene rings is 2. The molecule has 27 heavy (non-hydrogen) atoms. The SMILES string of the molecule is O=c1c2ccccc2nnn1Cn1nnc(-c2cccc(C(F)(F)F)c2)n1. The van der Waals surface area contributed by atoms with Gasteiger partial charge in [0.1, 0.15) is 5.52 Å². The van der Waals surface area contributed by atoms with Crippen molar-refractivity contribution in [1.82, 2.24) is 35.2 Å². The maximum absolute atomic E-state index is 12.8. The van der Waals surface area contributed by atoms with Crippen molar-refractivity contribution in [3.8, 4) is 11.4 Å². The van der Waals surface area contributed by atoms with E-state index in [0.717, 1.165) is 21.6 Å². The highest BCUT2D eigenvalue weighted by molar-refractivity contribution is 5.76. The van der Waals surface area contributed by atoms with Gasteiger partial charge in [-0.1, -0.05) is 29.5 Å². The first-order valence-corrected chi connectivity index (χ1v) is 7.70. The van der Waals surface area contributed by atoms with Crippen molar-refractivity contribution < 1.29 is 13.2 Å². The van der Waals surface area contributed by atoms with E-state index in [4.69, 9.17) is 0 Å².